The summed E-state index contributed by atoms with van der Waals surface area (Å²) < 4.78 is 5.69. The van der Waals surface area contributed by atoms with Crippen LogP contribution in [0.1, 0.15) is 56.8 Å². The summed E-state index contributed by atoms with van der Waals surface area (Å²) in [6.45, 7) is 5.43. The summed E-state index contributed by atoms with van der Waals surface area (Å²) in [6, 6.07) is 2.20. The molecule has 136 valence electrons. The minimum absolute atomic E-state index is 0.00713. The van der Waals surface area contributed by atoms with Crippen LogP contribution in [0, 0.1) is 11.8 Å². The molecule has 2 aliphatic rings. The SMILES string of the molecule is CC(=O)NC1C[C@@H]2CC(NC(=O)c3ccncc3OC(C)C)C[C@@H]2C1. The zero-order valence-electron chi connectivity index (χ0n) is 15.1. The molecule has 1 aromatic rings. The Morgan fingerprint density at radius 2 is 1.72 bits per heavy atom. The van der Waals surface area contributed by atoms with Gasteiger partial charge < -0.3 is 15.4 Å². The highest BCUT2D eigenvalue weighted by Crippen LogP contribution is 2.44. The van der Waals surface area contributed by atoms with E-state index in [4.69, 9.17) is 4.74 Å². The van der Waals surface area contributed by atoms with Gasteiger partial charge in [-0.15, -0.1) is 0 Å². The molecule has 1 heterocycles. The lowest BCUT2D eigenvalue weighted by atomic mass is 10.0. The van der Waals surface area contributed by atoms with Crippen LogP contribution in [-0.4, -0.2) is 35.0 Å². The van der Waals surface area contributed by atoms with E-state index in [0.29, 0.717) is 29.2 Å². The van der Waals surface area contributed by atoms with Crippen LogP contribution in [0.5, 0.6) is 5.75 Å². The maximum absolute atomic E-state index is 12.7. The summed E-state index contributed by atoms with van der Waals surface area (Å²) in [4.78, 5) is 27.9. The lowest BCUT2D eigenvalue weighted by Gasteiger charge is -2.18. The van der Waals surface area contributed by atoms with Crippen molar-refractivity contribution in [1.29, 1.82) is 0 Å². The lowest BCUT2D eigenvalue weighted by molar-refractivity contribution is -0.119. The zero-order valence-corrected chi connectivity index (χ0v) is 15.1. The molecule has 2 N–H and O–H groups in total. The van der Waals surface area contributed by atoms with Crippen LogP contribution in [0.3, 0.4) is 0 Å². The number of carbonyl (C=O) groups excluding carboxylic acids is 2. The van der Waals surface area contributed by atoms with E-state index < -0.39 is 0 Å². The van der Waals surface area contributed by atoms with Crippen molar-refractivity contribution >= 4 is 11.8 Å². The summed E-state index contributed by atoms with van der Waals surface area (Å²) in [6.07, 6.45) is 7.21. The fourth-order valence-corrected chi connectivity index (χ4v) is 4.32. The second-order valence-electron chi connectivity index (χ2n) is 7.57. The van der Waals surface area contributed by atoms with Crippen molar-refractivity contribution in [2.75, 3.05) is 0 Å². The summed E-state index contributed by atoms with van der Waals surface area (Å²) in [5.74, 6) is 1.66. The highest BCUT2D eigenvalue weighted by Gasteiger charge is 2.42. The van der Waals surface area contributed by atoms with Crippen LogP contribution in [-0.2, 0) is 4.79 Å². The lowest BCUT2D eigenvalue weighted by Crippen LogP contribution is -2.35. The number of nitrogens with zero attached hydrogens (tertiary/aromatic N) is 1. The number of nitrogens with one attached hydrogen (secondary N) is 2. The van der Waals surface area contributed by atoms with Crippen molar-refractivity contribution in [3.05, 3.63) is 24.0 Å². The molecule has 2 amide bonds. The Morgan fingerprint density at radius 1 is 1.12 bits per heavy atom. The van der Waals surface area contributed by atoms with Crippen LogP contribution in [0.2, 0.25) is 0 Å². The summed E-state index contributed by atoms with van der Waals surface area (Å²) in [5, 5.41) is 6.19. The van der Waals surface area contributed by atoms with Gasteiger partial charge in [0, 0.05) is 25.2 Å². The Balaban J connectivity index is 1.57. The third-order valence-electron chi connectivity index (χ3n) is 5.15. The van der Waals surface area contributed by atoms with Crippen molar-refractivity contribution in [3.63, 3.8) is 0 Å². The molecular weight excluding hydrogens is 318 g/mol. The van der Waals surface area contributed by atoms with Gasteiger partial charge in [0.1, 0.15) is 0 Å². The molecule has 3 rings (SSSR count). The quantitative estimate of drug-likeness (QED) is 0.858. The minimum Gasteiger partial charge on any atom is -0.489 e. The van der Waals surface area contributed by atoms with Crippen LogP contribution >= 0.6 is 0 Å². The van der Waals surface area contributed by atoms with Gasteiger partial charge in [0.25, 0.3) is 5.91 Å². The van der Waals surface area contributed by atoms with E-state index >= 15 is 0 Å². The molecule has 0 spiro atoms. The maximum Gasteiger partial charge on any atom is 0.255 e. The van der Waals surface area contributed by atoms with Gasteiger partial charge in [0.2, 0.25) is 5.91 Å². The molecule has 4 atom stereocenters. The second kappa shape index (κ2) is 7.42. The number of amides is 2. The first-order valence-electron chi connectivity index (χ1n) is 9.11. The van der Waals surface area contributed by atoms with Crippen molar-refractivity contribution in [1.82, 2.24) is 15.6 Å². The Labute approximate surface area is 148 Å². The first-order chi connectivity index (χ1) is 11.9. The smallest absolute Gasteiger partial charge is 0.255 e. The number of rotatable bonds is 5. The number of hydrogen-bond donors (Lipinski definition) is 2. The molecule has 1 aromatic heterocycles. The highest BCUT2D eigenvalue weighted by atomic mass is 16.5. The Kier molecular flexibility index (Phi) is 5.25. The van der Waals surface area contributed by atoms with Gasteiger partial charge in [0.15, 0.2) is 5.75 Å². The maximum atomic E-state index is 12.7. The van der Waals surface area contributed by atoms with E-state index in [1.165, 1.54) is 0 Å². The van der Waals surface area contributed by atoms with E-state index in [1.54, 1.807) is 25.4 Å². The standard InChI is InChI=1S/C19H27N3O3/c1-11(2)25-18-10-20-5-4-17(18)19(24)22-16-8-13-6-15(21-12(3)23)7-14(13)9-16/h4-5,10-11,13-16H,6-9H2,1-3H3,(H,21,23)(H,22,24)/t13-,14+,15?,16?. The van der Waals surface area contributed by atoms with E-state index in [0.717, 1.165) is 25.7 Å². The molecule has 2 unspecified atom stereocenters. The third kappa shape index (κ3) is 4.30. The number of carbonyl (C=O) groups is 2. The molecule has 2 fully saturated rings. The molecule has 0 radical (unpaired) electrons. The molecule has 0 saturated heterocycles. The van der Waals surface area contributed by atoms with Gasteiger partial charge in [-0.05, 0) is 57.4 Å². The third-order valence-corrected chi connectivity index (χ3v) is 5.15. The summed E-state index contributed by atoms with van der Waals surface area (Å²) in [7, 11) is 0. The van der Waals surface area contributed by atoms with Crippen LogP contribution in [0.25, 0.3) is 0 Å². The predicted octanol–water partition coefficient (Wildman–Crippen LogP) is 2.29. The fraction of sp³-hybridized carbons (Fsp3) is 0.632. The molecule has 25 heavy (non-hydrogen) atoms. The molecule has 2 saturated carbocycles. The zero-order chi connectivity index (χ0) is 18.0. The Morgan fingerprint density at radius 3 is 2.28 bits per heavy atom. The Hall–Kier alpha value is -2.11. The molecule has 0 bridgehead atoms. The predicted molar refractivity (Wildman–Crippen MR) is 94.3 cm³/mol. The summed E-state index contributed by atoms with van der Waals surface area (Å²) >= 11 is 0. The van der Waals surface area contributed by atoms with Gasteiger partial charge in [0.05, 0.1) is 17.9 Å². The highest BCUT2D eigenvalue weighted by molar-refractivity contribution is 5.96. The first-order valence-corrected chi connectivity index (χ1v) is 9.11. The molecule has 0 aromatic carbocycles. The molecular formula is C19H27N3O3. The summed E-state index contributed by atoms with van der Waals surface area (Å²) in [5.41, 5.74) is 0.539. The van der Waals surface area contributed by atoms with Gasteiger partial charge in [-0.3, -0.25) is 14.6 Å². The fourth-order valence-electron chi connectivity index (χ4n) is 4.32. The van der Waals surface area contributed by atoms with Crippen LogP contribution in [0.4, 0.5) is 0 Å². The molecule has 6 nitrogen and oxygen atoms in total. The topological polar surface area (TPSA) is 80.3 Å². The average molecular weight is 345 g/mol. The van der Waals surface area contributed by atoms with E-state index in [1.807, 2.05) is 13.8 Å². The van der Waals surface area contributed by atoms with Crippen molar-refractivity contribution in [2.24, 2.45) is 11.8 Å². The number of aromatic nitrogens is 1. The van der Waals surface area contributed by atoms with Gasteiger partial charge >= 0.3 is 0 Å². The number of ether oxygens (including phenoxy) is 1. The number of fused-ring (bicyclic) bond motifs is 1. The van der Waals surface area contributed by atoms with Gasteiger partial charge in [-0.25, -0.2) is 0 Å². The second-order valence-corrected chi connectivity index (χ2v) is 7.57. The van der Waals surface area contributed by atoms with Gasteiger partial charge in [-0.1, -0.05) is 0 Å². The van der Waals surface area contributed by atoms with Gasteiger partial charge in [-0.2, -0.15) is 0 Å². The normalized spacial score (nSPS) is 27.8. The monoisotopic (exact) mass is 345 g/mol. The largest absolute Gasteiger partial charge is 0.489 e. The van der Waals surface area contributed by atoms with Crippen LogP contribution < -0.4 is 15.4 Å². The van der Waals surface area contributed by atoms with Crippen molar-refractivity contribution in [2.45, 2.75) is 64.6 Å². The molecule has 6 heteroatoms. The van der Waals surface area contributed by atoms with E-state index in [-0.39, 0.29) is 24.0 Å². The van der Waals surface area contributed by atoms with Crippen molar-refractivity contribution < 1.29 is 14.3 Å². The average Bonchev–Trinajstić information content (AvgIpc) is 3.03. The Bertz CT molecular complexity index is 633. The number of hydrogen-bond acceptors (Lipinski definition) is 4. The molecule has 2 aliphatic carbocycles. The van der Waals surface area contributed by atoms with E-state index in [9.17, 15) is 9.59 Å². The minimum atomic E-state index is -0.0959. The van der Waals surface area contributed by atoms with Crippen molar-refractivity contribution in [3.8, 4) is 5.75 Å². The molecule has 0 aliphatic heterocycles. The van der Waals surface area contributed by atoms with E-state index in [2.05, 4.69) is 15.6 Å². The number of pyridine rings is 1. The van der Waals surface area contributed by atoms with Crippen LogP contribution in [0.15, 0.2) is 18.5 Å². The first kappa shape index (κ1) is 17.7.